The van der Waals surface area contributed by atoms with Crippen LogP contribution in [0.5, 0.6) is 0 Å². The lowest BCUT2D eigenvalue weighted by atomic mass is 9.67. The lowest BCUT2D eigenvalue weighted by Crippen LogP contribution is -2.37. The summed E-state index contributed by atoms with van der Waals surface area (Å²) < 4.78 is 28.1. The van der Waals surface area contributed by atoms with Gasteiger partial charge >= 0.3 is 0 Å². The van der Waals surface area contributed by atoms with Crippen molar-refractivity contribution in [3.8, 4) is 0 Å². The summed E-state index contributed by atoms with van der Waals surface area (Å²) in [5, 5.41) is 0. The van der Waals surface area contributed by atoms with Crippen molar-refractivity contribution in [1.29, 1.82) is 0 Å². The van der Waals surface area contributed by atoms with E-state index in [1.807, 2.05) is 6.07 Å². The van der Waals surface area contributed by atoms with Gasteiger partial charge in [-0.15, -0.1) is 0 Å². The van der Waals surface area contributed by atoms with Gasteiger partial charge in [0.2, 0.25) is 0 Å². The summed E-state index contributed by atoms with van der Waals surface area (Å²) >= 11 is 0. The highest BCUT2D eigenvalue weighted by Gasteiger charge is 2.42. The number of Topliss-reactive ketones (excluding diaryl/α,β-unsaturated/α-hetero) is 1. The predicted octanol–water partition coefficient (Wildman–Crippen LogP) is 4.89. The molecule has 0 saturated heterocycles. The Balaban J connectivity index is 2.41. The molecule has 0 aliphatic heterocycles. The van der Waals surface area contributed by atoms with E-state index in [-0.39, 0.29) is 11.3 Å². The number of ketones is 1. The summed E-state index contributed by atoms with van der Waals surface area (Å²) in [7, 11) is 0. The Morgan fingerprint density at radius 2 is 1.29 bits per heavy atom. The largest absolute Gasteiger partial charge is 0.298 e. The molecule has 1 nitrogen and oxygen atoms in total. The third-order valence-corrected chi connectivity index (χ3v) is 4.29. The van der Waals surface area contributed by atoms with E-state index in [1.165, 1.54) is 37.3 Å². The van der Waals surface area contributed by atoms with Crippen LogP contribution >= 0.6 is 0 Å². The van der Waals surface area contributed by atoms with Crippen LogP contribution in [-0.4, -0.2) is 5.78 Å². The zero-order valence-electron chi connectivity index (χ0n) is 13.2. The summed E-state index contributed by atoms with van der Waals surface area (Å²) in [4.78, 5) is 12.8. The number of carbonyl (C=O) groups is 1. The molecule has 3 aromatic rings. The fourth-order valence-corrected chi connectivity index (χ4v) is 3.23. The Morgan fingerprint density at radius 1 is 0.750 bits per heavy atom. The molecule has 3 rings (SSSR count). The van der Waals surface area contributed by atoms with Crippen LogP contribution in [0.25, 0.3) is 0 Å². The van der Waals surface area contributed by atoms with Crippen molar-refractivity contribution in [3.63, 3.8) is 0 Å². The van der Waals surface area contributed by atoms with E-state index < -0.39 is 17.0 Å². The summed E-state index contributed by atoms with van der Waals surface area (Å²) in [6.45, 7) is 1.43. The Morgan fingerprint density at radius 3 is 1.88 bits per heavy atom. The van der Waals surface area contributed by atoms with Gasteiger partial charge in [0.25, 0.3) is 0 Å². The molecule has 0 fully saturated rings. The number of rotatable bonds is 4. The Kier molecular flexibility index (Phi) is 4.26. The highest BCUT2D eigenvalue weighted by molar-refractivity contribution is 5.96. The molecule has 0 radical (unpaired) electrons. The summed E-state index contributed by atoms with van der Waals surface area (Å²) in [5.74, 6) is -1.11. The van der Waals surface area contributed by atoms with E-state index in [9.17, 15) is 13.6 Å². The minimum absolute atomic E-state index is 0.231. The van der Waals surface area contributed by atoms with E-state index in [0.29, 0.717) is 11.1 Å². The van der Waals surface area contributed by atoms with Crippen LogP contribution < -0.4 is 0 Å². The van der Waals surface area contributed by atoms with E-state index in [1.54, 1.807) is 42.5 Å². The number of halogens is 2. The van der Waals surface area contributed by atoms with Gasteiger partial charge in [0.05, 0.1) is 0 Å². The monoisotopic (exact) mass is 322 g/mol. The SMILES string of the molecule is CC(=O)[C@@](c1ccccc1)(c1ccc(F)cc1)c1ccccc1F. The maximum atomic E-state index is 14.7. The van der Waals surface area contributed by atoms with E-state index in [4.69, 9.17) is 0 Å². The molecule has 120 valence electrons. The van der Waals surface area contributed by atoms with Gasteiger partial charge in [0, 0.05) is 5.56 Å². The standard InChI is InChI=1S/C21H16F2O/c1-15(24)21(16-7-3-2-4-8-16,17-11-13-18(22)14-12-17)19-9-5-6-10-20(19)23/h2-14H,1H3/t21-/m1/s1. The van der Waals surface area contributed by atoms with Gasteiger partial charge in [-0.05, 0) is 36.2 Å². The normalized spacial score (nSPS) is 13.3. The highest BCUT2D eigenvalue weighted by Crippen LogP contribution is 2.41. The molecule has 0 heterocycles. The van der Waals surface area contributed by atoms with Crippen LogP contribution in [-0.2, 0) is 10.2 Å². The molecule has 0 saturated carbocycles. The van der Waals surface area contributed by atoms with Crippen LogP contribution in [0, 0.1) is 11.6 Å². The van der Waals surface area contributed by atoms with Gasteiger partial charge in [-0.25, -0.2) is 8.78 Å². The Labute approximate surface area is 139 Å². The zero-order valence-corrected chi connectivity index (χ0v) is 13.2. The van der Waals surface area contributed by atoms with Gasteiger partial charge in [-0.1, -0.05) is 60.7 Å². The maximum absolute atomic E-state index is 14.7. The highest BCUT2D eigenvalue weighted by atomic mass is 19.1. The van der Waals surface area contributed by atoms with Crippen molar-refractivity contribution in [2.75, 3.05) is 0 Å². The molecule has 3 aromatic carbocycles. The van der Waals surface area contributed by atoms with Gasteiger partial charge < -0.3 is 0 Å². The lowest BCUT2D eigenvalue weighted by Gasteiger charge is -2.33. The zero-order chi connectivity index (χ0) is 17.2. The molecule has 0 unspecified atom stereocenters. The molecule has 0 spiro atoms. The van der Waals surface area contributed by atoms with E-state index in [2.05, 4.69) is 0 Å². The number of carbonyl (C=O) groups excluding carboxylic acids is 1. The quantitative estimate of drug-likeness (QED) is 0.625. The van der Waals surface area contributed by atoms with Crippen LogP contribution in [0.3, 0.4) is 0 Å². The van der Waals surface area contributed by atoms with Crippen LogP contribution in [0.2, 0.25) is 0 Å². The van der Waals surface area contributed by atoms with Gasteiger partial charge in [0.15, 0.2) is 0 Å². The Hall–Kier alpha value is -2.81. The molecule has 3 heteroatoms. The second-order valence-corrected chi connectivity index (χ2v) is 5.66. The summed E-state index contributed by atoms with van der Waals surface area (Å²) in [6, 6.07) is 20.9. The lowest BCUT2D eigenvalue weighted by molar-refractivity contribution is -0.120. The van der Waals surface area contributed by atoms with Crippen LogP contribution in [0.4, 0.5) is 8.78 Å². The molecular weight excluding hydrogens is 306 g/mol. The van der Waals surface area contributed by atoms with Crippen LogP contribution in [0.15, 0.2) is 78.9 Å². The van der Waals surface area contributed by atoms with Gasteiger partial charge in [0.1, 0.15) is 22.8 Å². The molecule has 24 heavy (non-hydrogen) atoms. The first kappa shape index (κ1) is 16.1. The van der Waals surface area contributed by atoms with Crippen molar-refractivity contribution < 1.29 is 13.6 Å². The first-order chi connectivity index (χ1) is 11.6. The minimum Gasteiger partial charge on any atom is -0.298 e. The van der Waals surface area contributed by atoms with Crippen molar-refractivity contribution >= 4 is 5.78 Å². The average Bonchev–Trinajstić information content (AvgIpc) is 2.59. The third-order valence-electron chi connectivity index (χ3n) is 4.29. The Bertz CT molecular complexity index is 857. The predicted molar refractivity (Wildman–Crippen MR) is 89.8 cm³/mol. The molecule has 1 atom stereocenters. The van der Waals surface area contributed by atoms with Crippen LogP contribution in [0.1, 0.15) is 23.6 Å². The molecule has 0 amide bonds. The van der Waals surface area contributed by atoms with Crippen molar-refractivity contribution in [2.24, 2.45) is 0 Å². The molecule has 0 aliphatic rings. The van der Waals surface area contributed by atoms with Gasteiger partial charge in [-0.2, -0.15) is 0 Å². The molecule has 0 bridgehead atoms. The average molecular weight is 322 g/mol. The second kappa shape index (κ2) is 6.36. The second-order valence-electron chi connectivity index (χ2n) is 5.66. The van der Waals surface area contributed by atoms with Crippen molar-refractivity contribution in [2.45, 2.75) is 12.3 Å². The minimum atomic E-state index is -1.32. The summed E-state index contributed by atoms with van der Waals surface area (Å²) in [6.07, 6.45) is 0. The first-order valence-corrected chi connectivity index (χ1v) is 7.64. The number of hydrogen-bond donors (Lipinski definition) is 0. The molecule has 0 aromatic heterocycles. The maximum Gasteiger partial charge on any atom is 0.149 e. The third kappa shape index (κ3) is 2.52. The van der Waals surface area contributed by atoms with E-state index in [0.717, 1.165) is 0 Å². The number of benzene rings is 3. The first-order valence-electron chi connectivity index (χ1n) is 7.64. The van der Waals surface area contributed by atoms with E-state index >= 15 is 0 Å². The van der Waals surface area contributed by atoms with Gasteiger partial charge in [-0.3, -0.25) is 4.79 Å². The summed E-state index contributed by atoms with van der Waals surface area (Å²) in [5.41, 5.74) is 0.123. The molecular formula is C21H16F2O. The van der Waals surface area contributed by atoms with Crippen molar-refractivity contribution in [3.05, 3.63) is 107 Å². The molecule has 0 aliphatic carbocycles. The number of hydrogen-bond acceptors (Lipinski definition) is 1. The molecule has 0 N–H and O–H groups in total. The van der Waals surface area contributed by atoms with Crippen molar-refractivity contribution in [1.82, 2.24) is 0 Å². The fourth-order valence-electron chi connectivity index (χ4n) is 3.23. The topological polar surface area (TPSA) is 17.1 Å². The fraction of sp³-hybridized carbons (Fsp3) is 0.0952. The smallest absolute Gasteiger partial charge is 0.149 e.